The van der Waals surface area contributed by atoms with Crippen molar-refractivity contribution in [3.05, 3.63) is 365 Å². The predicted molar refractivity (Wildman–Crippen MR) is 508 cm³/mol. The molecule has 17 heterocycles. The van der Waals surface area contributed by atoms with Gasteiger partial charge in [0.1, 0.15) is 33.8 Å². The lowest BCUT2D eigenvalue weighted by Gasteiger charge is -2.36. The van der Waals surface area contributed by atoms with Crippen LogP contribution in [0.3, 0.4) is 0 Å². The van der Waals surface area contributed by atoms with Crippen LogP contribution in [-0.4, -0.2) is 35.8 Å². The molecular formula is C102H64B4N6O7P4. The number of benzene rings is 14. The molecular weight excluding hydrogens is 1590 g/mol. The lowest BCUT2D eigenvalue weighted by Crippen LogP contribution is -2.48. The van der Waals surface area contributed by atoms with E-state index in [1.807, 2.05) is 115 Å². The van der Waals surface area contributed by atoms with E-state index in [2.05, 4.69) is 253 Å². The van der Waals surface area contributed by atoms with Gasteiger partial charge < -0.3 is 55.3 Å². The Morgan fingerprint density at radius 1 is 0.260 bits per heavy atom. The number of nitrogens with zero attached hydrogens (tertiary/aromatic N) is 6. The van der Waals surface area contributed by atoms with E-state index in [1.165, 1.54) is 27.4 Å². The summed E-state index contributed by atoms with van der Waals surface area (Å²) in [5.41, 5.74) is 30.5. The van der Waals surface area contributed by atoms with Gasteiger partial charge in [0.2, 0.25) is 0 Å². The summed E-state index contributed by atoms with van der Waals surface area (Å²) in [5.74, 6) is 2.51. The quantitative estimate of drug-likeness (QED) is 0.114. The fraction of sp³-hybridized carbons (Fsp3) is 0.00980. The van der Waals surface area contributed by atoms with Crippen molar-refractivity contribution in [1.82, 2.24) is 9.55 Å². The number of hydrogen-bond donors (Lipinski definition) is 0. The number of rotatable bonds is 1. The molecule has 5 aromatic heterocycles. The molecule has 123 heavy (non-hydrogen) atoms. The van der Waals surface area contributed by atoms with E-state index in [4.69, 9.17) is 13.3 Å². The number of para-hydroxylation sites is 4. The zero-order valence-corrected chi connectivity index (χ0v) is 68.4. The van der Waals surface area contributed by atoms with Crippen molar-refractivity contribution in [2.75, 3.05) is 19.2 Å². The molecule has 21 heteroatoms. The van der Waals surface area contributed by atoms with Gasteiger partial charge in [-0.3, -0.25) is 4.98 Å². The van der Waals surface area contributed by atoms with Crippen LogP contribution in [0.1, 0.15) is 7.43 Å². The average molecular weight is 1650 g/mol. The SMILES string of the molecule is C.O=P12B3c4ccc(-n5c6ccccc6c6ccccc65)cc4-c4ccccc4N3c3cccc(c31)-c1cnccc12.O=P12B3c4ccccc4-c4ccoc4N3c3cccc(c31)-c1ccccc12.O=P12B3c4ccccc4-c4occc4N3c3cccc(c31)-c1ccccc12.O=P12B3c4ccoc4-c4ccccc4N3c3cccc(c31)-c1ccccc12. The van der Waals surface area contributed by atoms with Gasteiger partial charge in [-0.2, -0.15) is 0 Å². The zero-order chi connectivity index (χ0) is 80.1. The summed E-state index contributed by atoms with van der Waals surface area (Å²) in [6, 6.07) is 115. The van der Waals surface area contributed by atoms with Gasteiger partial charge in [-0.05, 0) is 163 Å². The molecule has 0 N–H and O–H groups in total. The maximum Gasteiger partial charge on any atom is 0.380 e. The first kappa shape index (κ1) is 70.0. The smallest absolute Gasteiger partial charge is 0.380 e. The van der Waals surface area contributed by atoms with E-state index >= 15 is 4.57 Å². The first-order valence-corrected chi connectivity index (χ1v) is 48.3. The molecule has 0 saturated carbocycles. The van der Waals surface area contributed by atoms with Crippen molar-refractivity contribution >= 4 is 186 Å². The normalized spacial score (nSPS) is 19.0. The number of aromatic nitrogens is 2. The van der Waals surface area contributed by atoms with Gasteiger partial charge in [0.05, 0.1) is 35.5 Å². The van der Waals surface area contributed by atoms with E-state index in [1.54, 1.807) is 25.0 Å². The Hall–Kier alpha value is -13.8. The molecule has 4 unspecified atom stereocenters. The van der Waals surface area contributed by atoms with Gasteiger partial charge in [-0.1, -0.05) is 250 Å². The molecule has 0 bridgehead atoms. The Morgan fingerprint density at radius 3 is 1.23 bits per heavy atom. The maximum absolute atomic E-state index is 15.6. The monoisotopic (exact) mass is 1650 g/mol. The highest BCUT2D eigenvalue weighted by Crippen LogP contribution is 2.70. The van der Waals surface area contributed by atoms with E-state index in [9.17, 15) is 13.7 Å². The molecule has 12 aliphatic heterocycles. The van der Waals surface area contributed by atoms with Crippen LogP contribution in [0.25, 0.3) is 117 Å². The topological polar surface area (TPSA) is 138 Å². The second-order valence-corrected chi connectivity index (χ2v) is 44.0. The number of fused-ring (bicyclic) bond motifs is 47. The standard InChI is InChI=1S/C35H21BN3OP.3C22H13BNO2P.CH4/c40-41-34-18-19-37-21-28(34)26-11-7-15-33(35(26)41)39-32-14-6-3-10-25(32)27-20-22(16-17-29(27)36(39)41)38-30-12-4-1-8-23(30)24-9-2-5-13-31(24)38;25-27-20-11-4-2-6-14(20)15-8-5-10-19(22(15)27)24-18-9-3-1-7-16(18)21-17(23(24)27)12-13-26-21;25-27-20-11-4-2-6-14(20)15-8-5-10-19(22(15)27)24-18-12-13-26-21(18)16-7-1-3-9-17(16)23(24)27;25-27-20-11-4-2-7-15(20)16-8-5-10-19(21(16)27)24-22-17(12-13-26-22)14-6-1-3-9-18(14)23(24)27;/h1-21H;3*1-13H;1H4. The van der Waals surface area contributed by atoms with Gasteiger partial charge >= 0.3 is 26.3 Å². The minimum Gasteiger partial charge on any atom is -0.465 e. The summed E-state index contributed by atoms with van der Waals surface area (Å²) < 4.78 is 80.2. The van der Waals surface area contributed by atoms with Crippen LogP contribution >= 0.6 is 28.1 Å². The molecule has 31 rings (SSSR count). The highest BCUT2D eigenvalue weighted by atomic mass is 31.2. The van der Waals surface area contributed by atoms with Crippen molar-refractivity contribution in [3.63, 3.8) is 0 Å². The molecule has 576 valence electrons. The van der Waals surface area contributed by atoms with Crippen LogP contribution in [0.4, 0.5) is 45.7 Å². The first-order chi connectivity index (χ1) is 60.1. The fourth-order valence-electron chi connectivity index (χ4n) is 23.2. The Labute approximate surface area is 708 Å². The Morgan fingerprint density at radius 2 is 0.650 bits per heavy atom. The number of hydrogen-bond acceptors (Lipinski definition) is 12. The molecule has 0 radical (unpaired) electrons. The lowest BCUT2D eigenvalue weighted by molar-refractivity contribution is 0.577. The van der Waals surface area contributed by atoms with Crippen LogP contribution < -0.4 is 83.5 Å². The van der Waals surface area contributed by atoms with Gasteiger partial charge in [-0.25, -0.2) is 0 Å². The molecule has 14 aromatic carbocycles. The van der Waals surface area contributed by atoms with Crippen LogP contribution in [-0.2, 0) is 18.3 Å². The minimum absolute atomic E-state index is 0. The Bertz CT molecular complexity index is 7980. The summed E-state index contributed by atoms with van der Waals surface area (Å²) in [7, 11) is -11.6. The van der Waals surface area contributed by atoms with Gasteiger partial charge in [0.25, 0.3) is 0 Å². The van der Waals surface area contributed by atoms with E-state index in [0.717, 1.165) is 200 Å². The van der Waals surface area contributed by atoms with Crippen molar-refractivity contribution in [2.24, 2.45) is 0 Å². The van der Waals surface area contributed by atoms with Gasteiger partial charge in [0.15, 0.2) is 11.6 Å². The third kappa shape index (κ3) is 8.50. The second-order valence-electron chi connectivity index (χ2n) is 33.1. The molecule has 12 aliphatic rings. The first-order valence-electron chi connectivity index (χ1n) is 41.2. The molecule has 19 aromatic rings. The Kier molecular flexibility index (Phi) is 14.1. The summed E-state index contributed by atoms with van der Waals surface area (Å²) in [5, 5.41) is 10.4. The summed E-state index contributed by atoms with van der Waals surface area (Å²) in [6.07, 6.45) is 8.86. The van der Waals surface area contributed by atoms with Crippen molar-refractivity contribution in [2.45, 2.75) is 7.43 Å². The zero-order valence-electron chi connectivity index (χ0n) is 64.8. The van der Waals surface area contributed by atoms with Crippen molar-refractivity contribution < 1.29 is 31.5 Å². The summed E-state index contributed by atoms with van der Waals surface area (Å²) in [6.45, 7) is -0.980. The fourth-order valence-corrected chi connectivity index (χ4v) is 38.6. The summed E-state index contributed by atoms with van der Waals surface area (Å²) >= 11 is 0. The van der Waals surface area contributed by atoms with Crippen molar-refractivity contribution in [1.29, 1.82) is 0 Å². The summed E-state index contributed by atoms with van der Waals surface area (Å²) in [4.78, 5) is 13.5. The largest absolute Gasteiger partial charge is 0.465 e. The van der Waals surface area contributed by atoms with Crippen LogP contribution in [0.5, 0.6) is 0 Å². The number of furan rings is 3. The predicted octanol–water partition coefficient (Wildman–Crippen LogP) is 19.9. The molecule has 0 fully saturated rings. The van der Waals surface area contributed by atoms with Gasteiger partial charge in [-0.15, -0.1) is 0 Å². The molecule has 0 amide bonds. The number of pyridine rings is 1. The minimum atomic E-state index is -3.03. The third-order valence-electron chi connectivity index (χ3n) is 27.7. The van der Waals surface area contributed by atoms with E-state index in [0.29, 0.717) is 0 Å². The average Bonchev–Trinajstić information content (AvgIpc) is 1.52. The van der Waals surface area contributed by atoms with Crippen LogP contribution in [0, 0.1) is 0 Å². The lowest BCUT2D eigenvalue weighted by atomic mass is 9.69. The number of anilines is 8. The van der Waals surface area contributed by atoms with Gasteiger partial charge in [0, 0.05) is 133 Å². The highest BCUT2D eigenvalue weighted by Gasteiger charge is 2.66. The highest BCUT2D eigenvalue weighted by molar-refractivity contribution is 8.11. The molecule has 0 aliphatic carbocycles. The van der Waals surface area contributed by atoms with Crippen LogP contribution in [0.2, 0.25) is 0 Å². The van der Waals surface area contributed by atoms with Crippen LogP contribution in [0.15, 0.2) is 378 Å². The molecule has 4 atom stereocenters. The molecule has 13 nitrogen and oxygen atoms in total. The van der Waals surface area contributed by atoms with E-state index < -0.39 is 28.1 Å². The third-order valence-corrected chi connectivity index (χ3v) is 41.4. The van der Waals surface area contributed by atoms with Crippen molar-refractivity contribution in [3.8, 4) is 95.1 Å². The Balaban J connectivity index is 0.0000000873. The van der Waals surface area contributed by atoms with E-state index in [-0.39, 0.29) is 33.7 Å². The second kappa shape index (κ2) is 24.8. The maximum atomic E-state index is 15.6. The molecule has 0 saturated heterocycles. The molecule has 0 spiro atoms.